The van der Waals surface area contributed by atoms with E-state index in [-0.39, 0.29) is 23.8 Å². The molecule has 0 spiro atoms. The summed E-state index contributed by atoms with van der Waals surface area (Å²) < 4.78 is 5.22. The highest BCUT2D eigenvalue weighted by Gasteiger charge is 2.31. The van der Waals surface area contributed by atoms with Crippen LogP contribution in [0, 0.1) is 17.8 Å². The maximum atomic E-state index is 12.7. The van der Waals surface area contributed by atoms with Gasteiger partial charge in [0.05, 0.1) is 18.9 Å². The third-order valence-electron chi connectivity index (χ3n) is 6.30. The summed E-state index contributed by atoms with van der Waals surface area (Å²) in [5.41, 5.74) is 1.54. The van der Waals surface area contributed by atoms with Crippen molar-refractivity contribution in [3.8, 4) is 17.6 Å². The minimum absolute atomic E-state index is 0.0387. The number of benzene rings is 1. The first-order chi connectivity index (χ1) is 18.2. The van der Waals surface area contributed by atoms with Gasteiger partial charge in [-0.05, 0) is 58.1 Å². The first-order valence-electron chi connectivity index (χ1n) is 12.6. The second-order valence-electron chi connectivity index (χ2n) is 9.49. The lowest BCUT2D eigenvalue weighted by atomic mass is 9.80. The van der Waals surface area contributed by atoms with E-state index in [0.717, 1.165) is 24.3 Å². The predicted octanol–water partition coefficient (Wildman–Crippen LogP) is 2.48. The average Bonchev–Trinajstić information content (AvgIpc) is 2.89. The van der Waals surface area contributed by atoms with Crippen LogP contribution in [-0.2, 0) is 9.59 Å². The number of carbonyl (C=O) groups excluding carboxylic acids is 2. The lowest BCUT2D eigenvalue weighted by Gasteiger charge is -2.34. The van der Waals surface area contributed by atoms with E-state index in [1.54, 1.807) is 40.4 Å². The minimum atomic E-state index is -0.564. The topological polar surface area (TPSA) is 112 Å². The number of carbonyl (C=O) groups is 2. The zero-order valence-corrected chi connectivity index (χ0v) is 22.9. The van der Waals surface area contributed by atoms with E-state index < -0.39 is 6.04 Å². The number of ether oxygens (including phenoxy) is 1. The number of nitrogens with one attached hydrogen (secondary N) is 3. The highest BCUT2D eigenvalue weighted by molar-refractivity contribution is 5.92. The van der Waals surface area contributed by atoms with Crippen LogP contribution < -0.4 is 20.7 Å². The normalized spacial score (nSPS) is 17.1. The molecule has 0 bridgehead atoms. The van der Waals surface area contributed by atoms with Crippen molar-refractivity contribution in [2.75, 3.05) is 52.5 Å². The van der Waals surface area contributed by atoms with Gasteiger partial charge in [-0.3, -0.25) is 9.59 Å². The van der Waals surface area contributed by atoms with Crippen molar-refractivity contribution in [3.05, 3.63) is 48.2 Å². The molecule has 1 aliphatic rings. The number of hydrogen-bond donors (Lipinski definition) is 3. The quantitative estimate of drug-likeness (QED) is 0.324. The maximum absolute atomic E-state index is 12.7. The van der Waals surface area contributed by atoms with Gasteiger partial charge in [0.15, 0.2) is 5.82 Å². The summed E-state index contributed by atoms with van der Waals surface area (Å²) in [5, 5.41) is 9.28. The SMILES string of the molecule is CNc1ncc(C#CC2CC(NC(=O)[C@H](C)N(C)C(=O)/C=C/CN(C)C)C2)c(Nc2ccc(OC)cc2)n1. The molecule has 1 atom stereocenters. The summed E-state index contributed by atoms with van der Waals surface area (Å²) in [6.07, 6.45) is 6.49. The molecule has 1 aromatic heterocycles. The van der Waals surface area contributed by atoms with Crippen LogP contribution in [0.4, 0.5) is 17.5 Å². The summed E-state index contributed by atoms with van der Waals surface area (Å²) >= 11 is 0. The summed E-state index contributed by atoms with van der Waals surface area (Å²) in [6.45, 7) is 2.39. The van der Waals surface area contributed by atoms with Crippen molar-refractivity contribution in [3.63, 3.8) is 0 Å². The van der Waals surface area contributed by atoms with Gasteiger partial charge in [-0.2, -0.15) is 4.98 Å². The number of nitrogens with zero attached hydrogens (tertiary/aromatic N) is 4. The van der Waals surface area contributed by atoms with Crippen molar-refractivity contribution in [1.82, 2.24) is 25.1 Å². The second-order valence-corrected chi connectivity index (χ2v) is 9.49. The highest BCUT2D eigenvalue weighted by Crippen LogP contribution is 2.27. The molecular formula is C28H37N7O3. The van der Waals surface area contributed by atoms with Crippen LogP contribution in [0.5, 0.6) is 5.75 Å². The van der Waals surface area contributed by atoms with E-state index in [0.29, 0.717) is 23.9 Å². The van der Waals surface area contributed by atoms with E-state index in [4.69, 9.17) is 4.74 Å². The monoisotopic (exact) mass is 519 g/mol. The molecule has 38 heavy (non-hydrogen) atoms. The standard InChI is InChI=1S/C28H37N7O3/c1-19(35(5)25(36)8-7-15-34(3)4)27(37)32-23-16-20(17-23)9-10-21-18-30-28(29-2)33-26(21)31-22-11-13-24(38-6)14-12-22/h7-8,11-14,18-20,23H,15-17H2,1-6H3,(H,32,37)(H2,29,30,31,33)/b8-7+/t19-,20?,23?/m0/s1. The zero-order valence-electron chi connectivity index (χ0n) is 22.9. The number of methoxy groups -OCH3 is 1. The van der Waals surface area contributed by atoms with Gasteiger partial charge < -0.3 is 30.5 Å². The smallest absolute Gasteiger partial charge is 0.246 e. The molecule has 3 rings (SSSR count). The molecule has 10 heteroatoms. The van der Waals surface area contributed by atoms with Crippen LogP contribution in [0.15, 0.2) is 42.6 Å². The molecule has 1 saturated carbocycles. The molecule has 202 valence electrons. The molecule has 2 amide bonds. The van der Waals surface area contributed by atoms with E-state index >= 15 is 0 Å². The Morgan fingerprint density at radius 3 is 2.55 bits per heavy atom. The van der Waals surface area contributed by atoms with Crippen LogP contribution in [0.1, 0.15) is 25.3 Å². The molecule has 0 radical (unpaired) electrons. The molecule has 10 nitrogen and oxygen atoms in total. The molecular weight excluding hydrogens is 482 g/mol. The molecule has 0 aliphatic heterocycles. The van der Waals surface area contributed by atoms with Gasteiger partial charge >= 0.3 is 0 Å². The van der Waals surface area contributed by atoms with E-state index in [1.807, 2.05) is 43.3 Å². The summed E-state index contributed by atoms with van der Waals surface area (Å²) in [5.74, 6) is 8.14. The Labute approximate surface area is 224 Å². The first kappa shape index (κ1) is 28.5. The number of rotatable bonds is 10. The average molecular weight is 520 g/mol. The van der Waals surface area contributed by atoms with E-state index in [9.17, 15) is 9.59 Å². The summed E-state index contributed by atoms with van der Waals surface area (Å²) in [4.78, 5) is 37.2. The van der Waals surface area contributed by atoms with Gasteiger partial charge in [-0.25, -0.2) is 4.98 Å². The fraction of sp³-hybridized carbons (Fsp3) is 0.429. The van der Waals surface area contributed by atoms with Crippen LogP contribution in [-0.4, -0.2) is 85.5 Å². The Balaban J connectivity index is 1.55. The predicted molar refractivity (Wildman–Crippen MR) is 149 cm³/mol. The number of aromatic nitrogens is 2. The minimum Gasteiger partial charge on any atom is -0.497 e. The fourth-order valence-corrected chi connectivity index (χ4v) is 3.70. The molecule has 1 aliphatic carbocycles. The lowest BCUT2D eigenvalue weighted by molar-refractivity contribution is -0.135. The van der Waals surface area contributed by atoms with Gasteiger partial charge in [0, 0.05) is 44.4 Å². The number of amides is 2. The van der Waals surface area contributed by atoms with Crippen molar-refractivity contribution in [2.45, 2.75) is 31.8 Å². The molecule has 1 fully saturated rings. The molecule has 0 unspecified atom stereocenters. The highest BCUT2D eigenvalue weighted by atomic mass is 16.5. The van der Waals surface area contributed by atoms with E-state index in [2.05, 4.69) is 37.8 Å². The number of likely N-dealkylation sites (N-methyl/N-ethyl adjacent to an activating group) is 2. The molecule has 2 aromatic rings. The largest absolute Gasteiger partial charge is 0.497 e. The van der Waals surface area contributed by atoms with Crippen molar-refractivity contribution < 1.29 is 14.3 Å². The van der Waals surface area contributed by atoms with Crippen molar-refractivity contribution >= 4 is 29.3 Å². The van der Waals surface area contributed by atoms with Crippen LogP contribution in [0.2, 0.25) is 0 Å². The molecule has 1 heterocycles. The Kier molecular flexibility index (Phi) is 10.1. The van der Waals surface area contributed by atoms with Gasteiger partial charge in [-0.1, -0.05) is 17.9 Å². The zero-order chi connectivity index (χ0) is 27.7. The van der Waals surface area contributed by atoms with Gasteiger partial charge in [0.1, 0.15) is 11.8 Å². The molecule has 0 saturated heterocycles. The Hall–Kier alpha value is -4.10. The Morgan fingerprint density at radius 2 is 1.92 bits per heavy atom. The van der Waals surface area contributed by atoms with Gasteiger partial charge in [-0.15, -0.1) is 0 Å². The lowest BCUT2D eigenvalue weighted by Crippen LogP contribution is -2.51. The third kappa shape index (κ3) is 7.95. The summed E-state index contributed by atoms with van der Waals surface area (Å²) in [7, 11) is 8.88. The molecule has 1 aromatic carbocycles. The Bertz CT molecular complexity index is 1200. The van der Waals surface area contributed by atoms with Crippen molar-refractivity contribution in [1.29, 1.82) is 0 Å². The van der Waals surface area contributed by atoms with Crippen LogP contribution in [0.25, 0.3) is 0 Å². The van der Waals surface area contributed by atoms with Crippen LogP contribution >= 0.6 is 0 Å². The van der Waals surface area contributed by atoms with Crippen LogP contribution in [0.3, 0.4) is 0 Å². The number of anilines is 3. The summed E-state index contributed by atoms with van der Waals surface area (Å²) in [6, 6.07) is 7.02. The van der Waals surface area contributed by atoms with Gasteiger partial charge in [0.2, 0.25) is 17.8 Å². The second kappa shape index (κ2) is 13.4. The fourth-order valence-electron chi connectivity index (χ4n) is 3.70. The van der Waals surface area contributed by atoms with Crippen molar-refractivity contribution in [2.24, 2.45) is 5.92 Å². The first-order valence-corrected chi connectivity index (χ1v) is 12.6. The van der Waals surface area contributed by atoms with Gasteiger partial charge in [0.25, 0.3) is 0 Å². The third-order valence-corrected chi connectivity index (χ3v) is 6.30. The molecule has 3 N–H and O–H groups in total. The Morgan fingerprint density at radius 1 is 1.21 bits per heavy atom. The number of hydrogen-bond acceptors (Lipinski definition) is 8. The van der Waals surface area contributed by atoms with E-state index in [1.165, 1.54) is 11.0 Å². The maximum Gasteiger partial charge on any atom is 0.246 e.